The molecule has 1 amide bonds. The number of amides is 1. The van der Waals surface area contributed by atoms with Gasteiger partial charge in [0.1, 0.15) is 5.76 Å². The SMILES string of the molecule is Cc1ccc(CN(CCc2ccccc2)C(=O)/C=C/c2ccco2)s1. The molecule has 0 fully saturated rings. The lowest BCUT2D eigenvalue weighted by Gasteiger charge is -2.20. The molecule has 3 rings (SSSR count). The van der Waals surface area contributed by atoms with Crippen molar-refractivity contribution in [1.82, 2.24) is 4.90 Å². The van der Waals surface area contributed by atoms with Gasteiger partial charge in [0.2, 0.25) is 5.91 Å². The molecule has 0 atom stereocenters. The molecule has 2 aromatic heterocycles. The fraction of sp³-hybridized carbons (Fsp3) is 0.190. The van der Waals surface area contributed by atoms with Crippen LogP contribution in [0.3, 0.4) is 0 Å². The van der Waals surface area contributed by atoms with Gasteiger partial charge in [-0.3, -0.25) is 4.79 Å². The number of carbonyl (C=O) groups is 1. The van der Waals surface area contributed by atoms with Gasteiger partial charge in [0.05, 0.1) is 12.8 Å². The molecule has 0 saturated heterocycles. The predicted molar refractivity (Wildman–Crippen MR) is 102 cm³/mol. The highest BCUT2D eigenvalue weighted by molar-refractivity contribution is 7.11. The Labute approximate surface area is 152 Å². The van der Waals surface area contributed by atoms with E-state index in [1.807, 2.05) is 35.2 Å². The molecule has 3 nitrogen and oxygen atoms in total. The molecule has 0 bridgehead atoms. The minimum Gasteiger partial charge on any atom is -0.465 e. The number of rotatable bonds is 7. The predicted octanol–water partition coefficient (Wildman–Crippen LogP) is 4.93. The lowest BCUT2D eigenvalue weighted by molar-refractivity contribution is -0.126. The van der Waals surface area contributed by atoms with E-state index < -0.39 is 0 Å². The third-order valence-corrected chi connectivity index (χ3v) is 4.89. The molecule has 0 aliphatic heterocycles. The third kappa shape index (κ3) is 5.19. The Balaban J connectivity index is 1.69. The highest BCUT2D eigenvalue weighted by atomic mass is 32.1. The number of aryl methyl sites for hydroxylation is 1. The number of furan rings is 1. The van der Waals surface area contributed by atoms with Crippen LogP contribution < -0.4 is 0 Å². The van der Waals surface area contributed by atoms with Gasteiger partial charge in [0, 0.05) is 22.4 Å². The van der Waals surface area contributed by atoms with Crippen molar-refractivity contribution in [3.05, 3.63) is 88.0 Å². The summed E-state index contributed by atoms with van der Waals surface area (Å²) in [4.78, 5) is 17.0. The summed E-state index contributed by atoms with van der Waals surface area (Å²) in [7, 11) is 0. The molecule has 4 heteroatoms. The summed E-state index contributed by atoms with van der Waals surface area (Å²) < 4.78 is 5.26. The Hall–Kier alpha value is -2.59. The average molecular weight is 351 g/mol. The molecular weight excluding hydrogens is 330 g/mol. The van der Waals surface area contributed by atoms with Crippen LogP contribution in [-0.2, 0) is 17.8 Å². The normalized spacial score (nSPS) is 11.1. The van der Waals surface area contributed by atoms with E-state index >= 15 is 0 Å². The van der Waals surface area contributed by atoms with Gasteiger partial charge in [-0.15, -0.1) is 11.3 Å². The highest BCUT2D eigenvalue weighted by Gasteiger charge is 2.13. The van der Waals surface area contributed by atoms with Crippen molar-refractivity contribution in [2.45, 2.75) is 19.9 Å². The van der Waals surface area contributed by atoms with E-state index in [9.17, 15) is 4.79 Å². The molecule has 1 aromatic carbocycles. The molecule has 0 aliphatic carbocycles. The maximum absolute atomic E-state index is 12.7. The number of hydrogen-bond donors (Lipinski definition) is 0. The quantitative estimate of drug-likeness (QED) is 0.565. The van der Waals surface area contributed by atoms with Crippen LogP contribution >= 0.6 is 11.3 Å². The lowest BCUT2D eigenvalue weighted by atomic mass is 10.1. The average Bonchev–Trinajstić information content (AvgIpc) is 3.29. The third-order valence-electron chi connectivity index (χ3n) is 3.90. The zero-order chi connectivity index (χ0) is 17.5. The van der Waals surface area contributed by atoms with Crippen LogP contribution in [0.25, 0.3) is 6.08 Å². The first-order chi connectivity index (χ1) is 12.2. The molecule has 128 valence electrons. The standard InChI is InChI=1S/C21H21NO2S/c1-17-9-11-20(25-17)16-22(14-13-18-6-3-2-4-7-18)21(23)12-10-19-8-5-15-24-19/h2-12,15H,13-14,16H2,1H3/b12-10+. The monoisotopic (exact) mass is 351 g/mol. The maximum Gasteiger partial charge on any atom is 0.247 e. The fourth-order valence-electron chi connectivity index (χ4n) is 2.58. The van der Waals surface area contributed by atoms with Gasteiger partial charge in [-0.25, -0.2) is 0 Å². The molecule has 0 N–H and O–H groups in total. The molecule has 0 saturated carbocycles. The van der Waals surface area contributed by atoms with E-state index in [1.54, 1.807) is 29.8 Å². The van der Waals surface area contributed by atoms with Crippen molar-refractivity contribution in [2.24, 2.45) is 0 Å². The Morgan fingerprint density at radius 2 is 1.96 bits per heavy atom. The topological polar surface area (TPSA) is 33.5 Å². The summed E-state index contributed by atoms with van der Waals surface area (Å²) >= 11 is 1.73. The second-order valence-electron chi connectivity index (χ2n) is 5.86. The smallest absolute Gasteiger partial charge is 0.247 e. The van der Waals surface area contributed by atoms with Crippen LogP contribution in [0.2, 0.25) is 0 Å². The van der Waals surface area contributed by atoms with Crippen LogP contribution in [0.15, 0.2) is 71.4 Å². The minimum atomic E-state index is -0.00150. The Kier molecular flexibility index (Phi) is 5.86. The number of carbonyl (C=O) groups excluding carboxylic acids is 1. The second kappa shape index (κ2) is 8.49. The van der Waals surface area contributed by atoms with Gasteiger partial charge < -0.3 is 9.32 Å². The van der Waals surface area contributed by atoms with Gasteiger partial charge in [0.15, 0.2) is 0 Å². The summed E-state index contributed by atoms with van der Waals surface area (Å²) in [6.07, 6.45) is 5.75. The Bertz CT molecular complexity index is 819. The van der Waals surface area contributed by atoms with E-state index in [-0.39, 0.29) is 5.91 Å². The van der Waals surface area contributed by atoms with Gasteiger partial charge in [0.25, 0.3) is 0 Å². The van der Waals surface area contributed by atoms with Crippen LogP contribution in [-0.4, -0.2) is 17.4 Å². The fourth-order valence-corrected chi connectivity index (χ4v) is 3.49. The minimum absolute atomic E-state index is 0.00150. The first-order valence-corrected chi connectivity index (χ1v) is 9.12. The highest BCUT2D eigenvalue weighted by Crippen LogP contribution is 2.18. The summed E-state index contributed by atoms with van der Waals surface area (Å²) in [5.74, 6) is 0.682. The molecule has 0 unspecified atom stereocenters. The molecule has 0 radical (unpaired) electrons. The van der Waals surface area contributed by atoms with E-state index in [0.717, 1.165) is 6.42 Å². The molecule has 3 aromatic rings. The largest absolute Gasteiger partial charge is 0.465 e. The van der Waals surface area contributed by atoms with Crippen LogP contribution in [0.5, 0.6) is 0 Å². The van der Waals surface area contributed by atoms with Crippen molar-refractivity contribution in [3.63, 3.8) is 0 Å². The summed E-state index contributed by atoms with van der Waals surface area (Å²) in [6, 6.07) is 18.1. The number of hydrogen-bond acceptors (Lipinski definition) is 3. The van der Waals surface area contributed by atoms with Crippen molar-refractivity contribution >= 4 is 23.3 Å². The van der Waals surface area contributed by atoms with E-state index in [1.165, 1.54) is 15.3 Å². The Morgan fingerprint density at radius 1 is 1.12 bits per heavy atom. The van der Waals surface area contributed by atoms with Gasteiger partial charge >= 0.3 is 0 Å². The Morgan fingerprint density at radius 3 is 2.64 bits per heavy atom. The van der Waals surface area contributed by atoms with Crippen LogP contribution in [0, 0.1) is 6.92 Å². The second-order valence-corrected chi connectivity index (χ2v) is 7.23. The van der Waals surface area contributed by atoms with Gasteiger partial charge in [-0.2, -0.15) is 0 Å². The molecule has 2 heterocycles. The van der Waals surface area contributed by atoms with E-state index in [0.29, 0.717) is 18.8 Å². The molecule has 0 aliphatic rings. The number of benzene rings is 1. The molecular formula is C21H21NO2S. The van der Waals surface area contributed by atoms with Gasteiger partial charge in [-0.05, 0) is 49.2 Å². The first kappa shape index (κ1) is 17.2. The molecule has 25 heavy (non-hydrogen) atoms. The van der Waals surface area contributed by atoms with Crippen LogP contribution in [0.4, 0.5) is 0 Å². The summed E-state index contributed by atoms with van der Waals surface area (Å²) in [5, 5.41) is 0. The summed E-state index contributed by atoms with van der Waals surface area (Å²) in [5.41, 5.74) is 1.23. The summed E-state index contributed by atoms with van der Waals surface area (Å²) in [6.45, 7) is 3.40. The maximum atomic E-state index is 12.7. The zero-order valence-electron chi connectivity index (χ0n) is 14.2. The van der Waals surface area contributed by atoms with Gasteiger partial charge in [-0.1, -0.05) is 30.3 Å². The van der Waals surface area contributed by atoms with Crippen molar-refractivity contribution in [2.75, 3.05) is 6.54 Å². The van der Waals surface area contributed by atoms with Crippen molar-refractivity contribution in [3.8, 4) is 0 Å². The first-order valence-electron chi connectivity index (χ1n) is 8.30. The number of nitrogens with zero attached hydrogens (tertiary/aromatic N) is 1. The van der Waals surface area contributed by atoms with Crippen molar-refractivity contribution < 1.29 is 9.21 Å². The van der Waals surface area contributed by atoms with Crippen molar-refractivity contribution in [1.29, 1.82) is 0 Å². The molecule has 0 spiro atoms. The lowest BCUT2D eigenvalue weighted by Crippen LogP contribution is -2.30. The zero-order valence-corrected chi connectivity index (χ0v) is 15.0. The van der Waals surface area contributed by atoms with Crippen LogP contribution in [0.1, 0.15) is 21.1 Å². The van der Waals surface area contributed by atoms with E-state index in [2.05, 4.69) is 31.2 Å². The number of thiophene rings is 1. The van der Waals surface area contributed by atoms with E-state index in [4.69, 9.17) is 4.42 Å².